The highest BCUT2D eigenvalue weighted by atomic mass is 32.2. The summed E-state index contributed by atoms with van der Waals surface area (Å²) in [6.45, 7) is 1.40. The lowest BCUT2D eigenvalue weighted by Gasteiger charge is -2.08. The van der Waals surface area contributed by atoms with Crippen LogP contribution in [-0.2, 0) is 11.3 Å². The number of nitrogens with one attached hydrogen (secondary N) is 1. The second-order valence-corrected chi connectivity index (χ2v) is 4.76. The molecule has 1 aliphatic heterocycles. The lowest BCUT2D eigenvalue weighted by Crippen LogP contribution is -2.28. The largest absolute Gasteiger partial charge is 0.385 e. The first-order valence-corrected chi connectivity index (χ1v) is 6.54. The number of methoxy groups -OCH3 is 1. The molecule has 1 fully saturated rings. The van der Waals surface area contributed by atoms with Gasteiger partial charge >= 0.3 is 0 Å². The Labute approximate surface area is 105 Å². The van der Waals surface area contributed by atoms with Crippen LogP contribution in [0.2, 0.25) is 0 Å². The second-order valence-electron chi connectivity index (χ2n) is 3.76. The molecule has 1 aromatic rings. The van der Waals surface area contributed by atoms with Crippen molar-refractivity contribution in [2.75, 3.05) is 19.5 Å². The molecule has 1 N–H and O–H groups in total. The fourth-order valence-corrected chi connectivity index (χ4v) is 2.52. The predicted octanol–water partition coefficient (Wildman–Crippen LogP) is 1.07. The first kappa shape index (κ1) is 12.3. The van der Waals surface area contributed by atoms with Crippen molar-refractivity contribution < 1.29 is 4.74 Å². The SMILES string of the molecule is COCCC1CSC(=NCc2ccncn2)N1. The summed E-state index contributed by atoms with van der Waals surface area (Å²) >= 11 is 1.76. The van der Waals surface area contributed by atoms with E-state index in [1.165, 1.54) is 0 Å². The second kappa shape index (κ2) is 6.56. The Hall–Kier alpha value is -1.14. The molecular formula is C11H16N4OS. The summed E-state index contributed by atoms with van der Waals surface area (Å²) in [5, 5.41) is 4.39. The lowest BCUT2D eigenvalue weighted by atomic mass is 10.2. The van der Waals surface area contributed by atoms with Crippen molar-refractivity contribution in [3.05, 3.63) is 24.3 Å². The van der Waals surface area contributed by atoms with Gasteiger partial charge in [0.05, 0.1) is 12.2 Å². The lowest BCUT2D eigenvalue weighted by molar-refractivity contribution is 0.188. The average molecular weight is 252 g/mol. The molecule has 0 aliphatic carbocycles. The molecule has 1 saturated heterocycles. The van der Waals surface area contributed by atoms with Gasteiger partial charge in [-0.3, -0.25) is 4.99 Å². The van der Waals surface area contributed by atoms with Crippen LogP contribution in [0.3, 0.4) is 0 Å². The molecule has 17 heavy (non-hydrogen) atoms. The van der Waals surface area contributed by atoms with E-state index in [4.69, 9.17) is 4.74 Å². The quantitative estimate of drug-likeness (QED) is 0.849. The van der Waals surface area contributed by atoms with E-state index in [1.807, 2.05) is 6.07 Å². The zero-order chi connectivity index (χ0) is 11.9. The molecule has 0 amide bonds. The Kier molecular flexibility index (Phi) is 4.75. The molecule has 1 aliphatic rings. The Bertz CT molecular complexity index is 371. The Morgan fingerprint density at radius 1 is 1.65 bits per heavy atom. The number of amidine groups is 1. The van der Waals surface area contributed by atoms with Gasteiger partial charge in [-0.05, 0) is 12.5 Å². The van der Waals surface area contributed by atoms with Gasteiger partial charge in [0, 0.05) is 31.7 Å². The topological polar surface area (TPSA) is 59.4 Å². The molecule has 92 valence electrons. The Morgan fingerprint density at radius 2 is 2.59 bits per heavy atom. The molecule has 1 atom stereocenters. The number of hydrogen-bond donors (Lipinski definition) is 1. The molecule has 1 unspecified atom stereocenters. The first-order chi connectivity index (χ1) is 8.38. The third-order valence-electron chi connectivity index (χ3n) is 2.45. The molecular weight excluding hydrogens is 236 g/mol. The van der Waals surface area contributed by atoms with Gasteiger partial charge in [0.25, 0.3) is 0 Å². The minimum Gasteiger partial charge on any atom is -0.385 e. The van der Waals surface area contributed by atoms with Crippen molar-refractivity contribution in [2.24, 2.45) is 4.99 Å². The van der Waals surface area contributed by atoms with E-state index in [0.717, 1.165) is 29.6 Å². The Balaban J connectivity index is 1.80. The maximum atomic E-state index is 5.06. The molecule has 0 spiro atoms. The average Bonchev–Trinajstić information content (AvgIpc) is 2.83. The third-order valence-corrected chi connectivity index (χ3v) is 3.54. The summed E-state index contributed by atoms with van der Waals surface area (Å²) < 4.78 is 5.06. The smallest absolute Gasteiger partial charge is 0.157 e. The van der Waals surface area contributed by atoms with Crippen molar-refractivity contribution in [2.45, 2.75) is 19.0 Å². The summed E-state index contributed by atoms with van der Waals surface area (Å²) in [7, 11) is 1.73. The van der Waals surface area contributed by atoms with Crippen molar-refractivity contribution in [1.82, 2.24) is 15.3 Å². The van der Waals surface area contributed by atoms with Gasteiger partial charge in [0.1, 0.15) is 6.33 Å². The number of hydrogen-bond acceptors (Lipinski definition) is 5. The van der Waals surface area contributed by atoms with Crippen molar-refractivity contribution in [3.8, 4) is 0 Å². The zero-order valence-corrected chi connectivity index (χ0v) is 10.6. The molecule has 1 aromatic heterocycles. The van der Waals surface area contributed by atoms with Crippen LogP contribution >= 0.6 is 11.8 Å². The van der Waals surface area contributed by atoms with Gasteiger partial charge in [-0.25, -0.2) is 9.97 Å². The standard InChI is InChI=1S/C11H16N4OS/c1-16-5-3-10-7-17-11(15-10)13-6-9-2-4-12-8-14-9/h2,4,8,10H,3,5-7H2,1H3,(H,13,15). The number of thioether (sulfide) groups is 1. The van der Waals surface area contributed by atoms with Crippen LogP contribution in [-0.4, -0.2) is 40.6 Å². The van der Waals surface area contributed by atoms with E-state index in [2.05, 4.69) is 20.3 Å². The maximum absolute atomic E-state index is 5.06. The minimum absolute atomic E-state index is 0.476. The number of aromatic nitrogens is 2. The van der Waals surface area contributed by atoms with Gasteiger partial charge < -0.3 is 10.1 Å². The predicted molar refractivity (Wildman–Crippen MR) is 69.0 cm³/mol. The van der Waals surface area contributed by atoms with E-state index >= 15 is 0 Å². The van der Waals surface area contributed by atoms with Gasteiger partial charge in [-0.2, -0.15) is 0 Å². The molecule has 2 heterocycles. The molecule has 2 rings (SSSR count). The highest BCUT2D eigenvalue weighted by Crippen LogP contribution is 2.16. The van der Waals surface area contributed by atoms with Crippen LogP contribution in [0, 0.1) is 0 Å². The molecule has 0 aromatic carbocycles. The van der Waals surface area contributed by atoms with E-state index in [-0.39, 0.29) is 0 Å². The summed E-state index contributed by atoms with van der Waals surface area (Å²) in [6, 6.07) is 2.36. The van der Waals surface area contributed by atoms with E-state index in [1.54, 1.807) is 31.4 Å². The molecule has 5 nitrogen and oxygen atoms in total. The number of aliphatic imine (C=N–C) groups is 1. The summed E-state index contributed by atoms with van der Waals surface area (Å²) in [4.78, 5) is 12.5. The van der Waals surface area contributed by atoms with Crippen LogP contribution < -0.4 is 5.32 Å². The zero-order valence-electron chi connectivity index (χ0n) is 9.80. The van der Waals surface area contributed by atoms with Crippen LogP contribution in [0.1, 0.15) is 12.1 Å². The summed E-state index contributed by atoms with van der Waals surface area (Å²) in [5.74, 6) is 1.06. The van der Waals surface area contributed by atoms with E-state index < -0.39 is 0 Å². The molecule has 0 bridgehead atoms. The van der Waals surface area contributed by atoms with E-state index in [9.17, 15) is 0 Å². The van der Waals surface area contributed by atoms with Crippen LogP contribution in [0.4, 0.5) is 0 Å². The van der Waals surface area contributed by atoms with Gasteiger partial charge in [-0.1, -0.05) is 11.8 Å². The molecule has 6 heteroatoms. The van der Waals surface area contributed by atoms with Crippen molar-refractivity contribution in [1.29, 1.82) is 0 Å². The summed E-state index contributed by atoms with van der Waals surface area (Å²) in [6.07, 6.45) is 4.31. The normalized spacial score (nSPS) is 21.7. The Morgan fingerprint density at radius 3 is 3.35 bits per heavy atom. The van der Waals surface area contributed by atoms with E-state index in [0.29, 0.717) is 12.6 Å². The van der Waals surface area contributed by atoms with Crippen molar-refractivity contribution >= 4 is 16.9 Å². The number of nitrogens with zero attached hydrogens (tertiary/aromatic N) is 3. The molecule has 0 saturated carbocycles. The molecule has 0 radical (unpaired) electrons. The maximum Gasteiger partial charge on any atom is 0.157 e. The number of rotatable bonds is 5. The van der Waals surface area contributed by atoms with Gasteiger partial charge in [0.2, 0.25) is 0 Å². The van der Waals surface area contributed by atoms with Crippen molar-refractivity contribution in [3.63, 3.8) is 0 Å². The third kappa shape index (κ3) is 3.98. The first-order valence-electron chi connectivity index (χ1n) is 5.56. The van der Waals surface area contributed by atoms with Crippen LogP contribution in [0.15, 0.2) is 23.6 Å². The van der Waals surface area contributed by atoms with Gasteiger partial charge in [-0.15, -0.1) is 0 Å². The fourth-order valence-electron chi connectivity index (χ4n) is 1.51. The summed E-state index contributed by atoms with van der Waals surface area (Å²) in [5.41, 5.74) is 0.940. The minimum atomic E-state index is 0.476. The van der Waals surface area contributed by atoms with Crippen LogP contribution in [0.25, 0.3) is 0 Å². The fraction of sp³-hybridized carbons (Fsp3) is 0.545. The highest BCUT2D eigenvalue weighted by molar-refractivity contribution is 8.14. The highest BCUT2D eigenvalue weighted by Gasteiger charge is 2.19. The van der Waals surface area contributed by atoms with Gasteiger partial charge in [0.15, 0.2) is 5.17 Å². The number of ether oxygens (including phenoxy) is 1. The van der Waals surface area contributed by atoms with Crippen LogP contribution in [0.5, 0.6) is 0 Å². The monoisotopic (exact) mass is 252 g/mol.